The predicted octanol–water partition coefficient (Wildman–Crippen LogP) is 2.95. The maximum Gasteiger partial charge on any atom is 0.119 e. The van der Waals surface area contributed by atoms with E-state index in [0.29, 0.717) is 13.2 Å². The summed E-state index contributed by atoms with van der Waals surface area (Å²) < 4.78 is 10.3. The zero-order valence-electron chi connectivity index (χ0n) is 12.5. The van der Waals surface area contributed by atoms with Crippen LogP contribution in [0.25, 0.3) is 0 Å². The lowest BCUT2D eigenvalue weighted by atomic mass is 10.0. The normalized spacial score (nSPS) is 12.0. The summed E-state index contributed by atoms with van der Waals surface area (Å²) in [5.74, 6) is 0.840. The second kappa shape index (κ2) is 7.67. The molecule has 0 saturated heterocycles. The van der Waals surface area contributed by atoms with Crippen molar-refractivity contribution in [1.82, 2.24) is 0 Å². The molecule has 0 bridgehead atoms. The van der Waals surface area contributed by atoms with Gasteiger partial charge in [0.1, 0.15) is 5.75 Å². The van der Waals surface area contributed by atoms with E-state index in [1.54, 1.807) is 14.2 Å². The number of hydrogen-bond acceptors (Lipinski definition) is 4. The number of rotatable bonds is 7. The highest BCUT2D eigenvalue weighted by molar-refractivity contribution is 5.48. The van der Waals surface area contributed by atoms with E-state index in [9.17, 15) is 0 Å². The molecule has 2 rings (SSSR count). The Labute approximate surface area is 125 Å². The third kappa shape index (κ3) is 4.21. The first kappa shape index (κ1) is 15.4. The molecule has 2 aromatic carbocycles. The molecule has 0 radical (unpaired) electrons. The zero-order chi connectivity index (χ0) is 15.1. The monoisotopic (exact) mass is 286 g/mol. The van der Waals surface area contributed by atoms with Crippen molar-refractivity contribution in [3.8, 4) is 5.75 Å². The molecule has 1 atom stereocenters. The van der Waals surface area contributed by atoms with Gasteiger partial charge in [-0.05, 0) is 35.4 Å². The molecule has 0 aliphatic rings. The Kier molecular flexibility index (Phi) is 5.60. The summed E-state index contributed by atoms with van der Waals surface area (Å²) in [5.41, 5.74) is 9.23. The van der Waals surface area contributed by atoms with Gasteiger partial charge in [0.2, 0.25) is 0 Å². The summed E-state index contributed by atoms with van der Waals surface area (Å²) >= 11 is 0. The van der Waals surface area contributed by atoms with Gasteiger partial charge in [-0.15, -0.1) is 0 Å². The number of hydrogen-bond donors (Lipinski definition) is 2. The van der Waals surface area contributed by atoms with E-state index in [4.69, 9.17) is 15.2 Å². The van der Waals surface area contributed by atoms with Gasteiger partial charge in [0.25, 0.3) is 0 Å². The Morgan fingerprint density at radius 1 is 1.10 bits per heavy atom. The van der Waals surface area contributed by atoms with Crippen molar-refractivity contribution >= 4 is 5.69 Å². The molecule has 4 heteroatoms. The van der Waals surface area contributed by atoms with Crippen LogP contribution in [0, 0.1) is 0 Å². The molecule has 0 aliphatic heterocycles. The first-order valence-electron chi connectivity index (χ1n) is 6.95. The molecular formula is C17H22N2O2. The molecule has 0 amide bonds. The highest BCUT2D eigenvalue weighted by Gasteiger charge is 2.10. The standard InChI is InChI=1S/C17H22N2O2/c1-20-12-13-4-3-5-14(10-13)17(11-18)19-15-6-8-16(21-2)9-7-15/h3-10,17,19H,11-12,18H2,1-2H3. The van der Waals surface area contributed by atoms with Crippen LogP contribution in [0.2, 0.25) is 0 Å². The molecule has 0 aromatic heterocycles. The second-order valence-corrected chi connectivity index (χ2v) is 4.84. The number of nitrogens with one attached hydrogen (secondary N) is 1. The van der Waals surface area contributed by atoms with Gasteiger partial charge in [0, 0.05) is 19.3 Å². The summed E-state index contributed by atoms with van der Waals surface area (Å²) in [6.45, 7) is 1.12. The SMILES string of the molecule is COCc1cccc(C(CN)Nc2ccc(OC)cc2)c1. The highest BCUT2D eigenvalue weighted by Crippen LogP contribution is 2.22. The Hall–Kier alpha value is -2.04. The molecule has 112 valence electrons. The average Bonchev–Trinajstić information content (AvgIpc) is 2.54. The van der Waals surface area contributed by atoms with Crippen molar-refractivity contribution in [3.05, 3.63) is 59.7 Å². The Bertz CT molecular complexity index is 555. The van der Waals surface area contributed by atoms with Gasteiger partial charge >= 0.3 is 0 Å². The summed E-state index contributed by atoms with van der Waals surface area (Å²) in [7, 11) is 3.36. The first-order chi connectivity index (χ1) is 10.3. The van der Waals surface area contributed by atoms with Crippen molar-refractivity contribution in [2.45, 2.75) is 12.6 Å². The molecule has 0 saturated carbocycles. The predicted molar refractivity (Wildman–Crippen MR) is 85.6 cm³/mol. The Balaban J connectivity index is 2.12. The van der Waals surface area contributed by atoms with Crippen LogP contribution in [-0.4, -0.2) is 20.8 Å². The molecule has 4 nitrogen and oxygen atoms in total. The number of benzene rings is 2. The van der Waals surface area contributed by atoms with E-state index < -0.39 is 0 Å². The third-order valence-electron chi connectivity index (χ3n) is 3.33. The summed E-state index contributed by atoms with van der Waals surface area (Å²) in [6, 6.07) is 16.2. The van der Waals surface area contributed by atoms with Crippen molar-refractivity contribution < 1.29 is 9.47 Å². The van der Waals surface area contributed by atoms with Gasteiger partial charge in [-0.3, -0.25) is 0 Å². The van der Waals surface area contributed by atoms with Crippen LogP contribution in [0.5, 0.6) is 5.75 Å². The third-order valence-corrected chi connectivity index (χ3v) is 3.33. The number of methoxy groups -OCH3 is 2. The van der Waals surface area contributed by atoms with Gasteiger partial charge in [-0.2, -0.15) is 0 Å². The van der Waals surface area contributed by atoms with Gasteiger partial charge in [-0.1, -0.05) is 24.3 Å². The molecule has 0 spiro atoms. The van der Waals surface area contributed by atoms with Gasteiger partial charge < -0.3 is 20.5 Å². The lowest BCUT2D eigenvalue weighted by molar-refractivity contribution is 0.185. The topological polar surface area (TPSA) is 56.5 Å². The number of nitrogens with two attached hydrogens (primary N) is 1. The summed E-state index contributed by atoms with van der Waals surface area (Å²) in [4.78, 5) is 0. The van der Waals surface area contributed by atoms with E-state index in [2.05, 4.69) is 17.4 Å². The van der Waals surface area contributed by atoms with E-state index >= 15 is 0 Å². The molecular weight excluding hydrogens is 264 g/mol. The minimum Gasteiger partial charge on any atom is -0.497 e. The van der Waals surface area contributed by atoms with Crippen LogP contribution in [0.3, 0.4) is 0 Å². The molecule has 0 aliphatic carbocycles. The molecule has 0 fully saturated rings. The second-order valence-electron chi connectivity index (χ2n) is 4.84. The fraction of sp³-hybridized carbons (Fsp3) is 0.294. The average molecular weight is 286 g/mol. The van der Waals surface area contributed by atoms with Crippen LogP contribution in [0.1, 0.15) is 17.2 Å². The number of anilines is 1. The minimum absolute atomic E-state index is 0.0650. The summed E-state index contributed by atoms with van der Waals surface area (Å²) in [5, 5.41) is 3.44. The van der Waals surface area contributed by atoms with Gasteiger partial charge in [-0.25, -0.2) is 0 Å². The van der Waals surface area contributed by atoms with Crippen LogP contribution < -0.4 is 15.8 Å². The van der Waals surface area contributed by atoms with Crippen LogP contribution in [-0.2, 0) is 11.3 Å². The summed E-state index contributed by atoms with van der Waals surface area (Å²) in [6.07, 6.45) is 0. The molecule has 1 unspecified atom stereocenters. The highest BCUT2D eigenvalue weighted by atomic mass is 16.5. The molecule has 21 heavy (non-hydrogen) atoms. The zero-order valence-corrected chi connectivity index (χ0v) is 12.5. The van der Waals surface area contributed by atoms with Crippen LogP contribution >= 0.6 is 0 Å². The smallest absolute Gasteiger partial charge is 0.119 e. The quantitative estimate of drug-likeness (QED) is 0.821. The fourth-order valence-corrected chi connectivity index (χ4v) is 2.23. The first-order valence-corrected chi connectivity index (χ1v) is 6.95. The Morgan fingerprint density at radius 2 is 1.86 bits per heavy atom. The fourth-order valence-electron chi connectivity index (χ4n) is 2.23. The lowest BCUT2D eigenvalue weighted by Gasteiger charge is -2.19. The molecule has 3 N–H and O–H groups in total. The van der Waals surface area contributed by atoms with E-state index in [-0.39, 0.29) is 6.04 Å². The molecule has 0 heterocycles. The van der Waals surface area contributed by atoms with Gasteiger partial charge in [0.15, 0.2) is 0 Å². The number of ether oxygens (including phenoxy) is 2. The van der Waals surface area contributed by atoms with Crippen LogP contribution in [0.4, 0.5) is 5.69 Å². The largest absolute Gasteiger partial charge is 0.497 e. The van der Waals surface area contributed by atoms with Crippen molar-refractivity contribution in [1.29, 1.82) is 0 Å². The van der Waals surface area contributed by atoms with Crippen molar-refractivity contribution in [2.75, 3.05) is 26.1 Å². The maximum absolute atomic E-state index is 5.91. The molecule has 2 aromatic rings. The van der Waals surface area contributed by atoms with E-state index in [0.717, 1.165) is 22.6 Å². The lowest BCUT2D eigenvalue weighted by Crippen LogP contribution is -2.20. The van der Waals surface area contributed by atoms with E-state index in [1.807, 2.05) is 36.4 Å². The van der Waals surface area contributed by atoms with Gasteiger partial charge in [0.05, 0.1) is 19.8 Å². The Morgan fingerprint density at radius 3 is 2.48 bits per heavy atom. The minimum atomic E-state index is 0.0650. The van der Waals surface area contributed by atoms with Crippen molar-refractivity contribution in [3.63, 3.8) is 0 Å². The maximum atomic E-state index is 5.91. The van der Waals surface area contributed by atoms with Crippen molar-refractivity contribution in [2.24, 2.45) is 5.73 Å². The van der Waals surface area contributed by atoms with E-state index in [1.165, 1.54) is 0 Å². The van der Waals surface area contributed by atoms with Crippen LogP contribution in [0.15, 0.2) is 48.5 Å².